The summed E-state index contributed by atoms with van der Waals surface area (Å²) >= 11 is 7.67. The maximum Gasteiger partial charge on any atom is 0.260 e. The molecule has 0 aliphatic rings. The van der Waals surface area contributed by atoms with Crippen LogP contribution in [-0.4, -0.2) is 16.3 Å². The minimum Gasteiger partial charge on any atom is -0.506 e. The monoisotopic (exact) mass is 431 g/mol. The van der Waals surface area contributed by atoms with Gasteiger partial charge < -0.3 is 15.9 Å². The molecular formula is C20H15Cl2N3O2S. The number of hydrogen-bond donors (Lipinski definition) is 3. The van der Waals surface area contributed by atoms with Crippen LogP contribution in [0.3, 0.4) is 0 Å². The van der Waals surface area contributed by atoms with Gasteiger partial charge in [0.05, 0.1) is 17.2 Å². The second-order valence-corrected chi connectivity index (χ2v) is 7.52. The number of nitrogens with one attached hydrogen (secondary N) is 1. The van der Waals surface area contributed by atoms with E-state index in [9.17, 15) is 9.90 Å². The summed E-state index contributed by atoms with van der Waals surface area (Å²) in [6.45, 7) is 0. The van der Waals surface area contributed by atoms with Crippen molar-refractivity contribution in [2.45, 2.75) is 0 Å². The molecule has 0 bridgehead atoms. The topological polar surface area (TPSA) is 91.5 Å². The number of benzene rings is 2. The van der Waals surface area contributed by atoms with Gasteiger partial charge in [-0.3, -0.25) is 4.79 Å². The Morgan fingerprint density at radius 1 is 1.07 bits per heavy atom. The molecule has 142 valence electrons. The number of hydrazone groups is 1. The second kappa shape index (κ2) is 8.06. The molecule has 0 atom stereocenters. The molecule has 8 heteroatoms. The summed E-state index contributed by atoms with van der Waals surface area (Å²) in [5.41, 5.74) is 2.65. The molecule has 4 rings (SSSR count). The lowest BCUT2D eigenvalue weighted by Gasteiger charge is -2.08. The predicted octanol–water partition coefficient (Wildman–Crippen LogP) is 5.00. The zero-order valence-electron chi connectivity index (χ0n) is 14.3. The number of hydrogen-bond acceptors (Lipinski definition) is 5. The number of halogens is 2. The van der Waals surface area contributed by atoms with Crippen molar-refractivity contribution in [1.29, 1.82) is 0 Å². The van der Waals surface area contributed by atoms with Crippen molar-refractivity contribution in [2.24, 2.45) is 10.9 Å². The highest BCUT2D eigenvalue weighted by Gasteiger charge is 2.21. The van der Waals surface area contributed by atoms with Crippen LogP contribution in [0.15, 0.2) is 64.5 Å². The van der Waals surface area contributed by atoms with Crippen molar-refractivity contribution in [3.8, 4) is 28.0 Å². The summed E-state index contributed by atoms with van der Waals surface area (Å²) in [5.74, 6) is 5.11. The number of aromatic nitrogens is 1. The number of fused-ring (bicyclic) bond motifs is 1. The van der Waals surface area contributed by atoms with E-state index >= 15 is 0 Å². The van der Waals surface area contributed by atoms with Gasteiger partial charge in [0.15, 0.2) is 0 Å². The van der Waals surface area contributed by atoms with Crippen LogP contribution in [0, 0.1) is 0 Å². The van der Waals surface area contributed by atoms with Crippen LogP contribution >= 0.6 is 35.3 Å². The van der Waals surface area contributed by atoms with E-state index in [2.05, 4.69) is 10.1 Å². The molecular weight excluding hydrogens is 417 g/mol. The van der Waals surface area contributed by atoms with Crippen molar-refractivity contribution in [1.82, 2.24) is 4.98 Å². The fourth-order valence-electron chi connectivity index (χ4n) is 3.11. The number of thiophene rings is 1. The molecule has 0 aliphatic carbocycles. The molecule has 28 heavy (non-hydrogen) atoms. The fourth-order valence-corrected chi connectivity index (χ4v) is 4.49. The van der Waals surface area contributed by atoms with Crippen LogP contribution in [0.5, 0.6) is 5.75 Å². The normalized spacial score (nSPS) is 11.0. The molecule has 2 aromatic heterocycles. The van der Waals surface area contributed by atoms with Gasteiger partial charge >= 0.3 is 0 Å². The number of aromatic amines is 1. The first-order valence-corrected chi connectivity index (χ1v) is 9.26. The Morgan fingerprint density at radius 3 is 2.50 bits per heavy atom. The average Bonchev–Trinajstić information content (AvgIpc) is 2.99. The van der Waals surface area contributed by atoms with Gasteiger partial charge in [-0.15, -0.1) is 23.7 Å². The third kappa shape index (κ3) is 3.38. The first-order chi connectivity index (χ1) is 13.1. The number of nitrogens with zero attached hydrogens (tertiary/aromatic N) is 1. The van der Waals surface area contributed by atoms with Gasteiger partial charge in [-0.25, -0.2) is 0 Å². The summed E-state index contributed by atoms with van der Waals surface area (Å²) in [6.07, 6.45) is 1.48. The molecule has 0 amide bonds. The van der Waals surface area contributed by atoms with E-state index in [1.54, 1.807) is 24.3 Å². The van der Waals surface area contributed by atoms with Crippen LogP contribution in [0.4, 0.5) is 0 Å². The van der Waals surface area contributed by atoms with E-state index in [1.165, 1.54) is 17.6 Å². The highest BCUT2D eigenvalue weighted by Crippen LogP contribution is 2.46. The lowest BCUT2D eigenvalue weighted by atomic mass is 9.99. The summed E-state index contributed by atoms with van der Waals surface area (Å²) in [6, 6.07) is 16.6. The van der Waals surface area contributed by atoms with Crippen molar-refractivity contribution >= 4 is 51.8 Å². The van der Waals surface area contributed by atoms with Gasteiger partial charge in [-0.1, -0.05) is 60.1 Å². The lowest BCUT2D eigenvalue weighted by molar-refractivity contribution is 0.483. The summed E-state index contributed by atoms with van der Waals surface area (Å²) in [7, 11) is 0. The van der Waals surface area contributed by atoms with Crippen LogP contribution < -0.4 is 11.4 Å². The second-order valence-electron chi connectivity index (χ2n) is 5.90. The summed E-state index contributed by atoms with van der Waals surface area (Å²) < 4.78 is 0.503. The van der Waals surface area contributed by atoms with Gasteiger partial charge in [0.2, 0.25) is 0 Å². The van der Waals surface area contributed by atoms with Gasteiger partial charge in [-0.2, -0.15) is 5.10 Å². The maximum atomic E-state index is 12.7. The van der Waals surface area contributed by atoms with Crippen LogP contribution in [0.2, 0.25) is 4.34 Å². The standard InChI is InChI=1S/C20H14ClN3O2S.ClH/c21-18-14(12-6-2-1-3-7-12)16-17(25)15(19(26)24-20(16)27-18)13-8-4-5-11(9-13)10-23-22;/h1-10H,22H2,(H2,24,25,26);1H. The Hall–Kier alpha value is -2.80. The lowest BCUT2D eigenvalue weighted by Crippen LogP contribution is -2.08. The number of aromatic hydroxyl groups is 1. The summed E-state index contributed by atoms with van der Waals surface area (Å²) in [4.78, 5) is 16.0. The molecule has 0 spiro atoms. The van der Waals surface area contributed by atoms with Crippen LogP contribution in [0.1, 0.15) is 5.56 Å². The van der Waals surface area contributed by atoms with Crippen molar-refractivity contribution in [3.63, 3.8) is 0 Å². The molecule has 0 fully saturated rings. The first-order valence-electron chi connectivity index (χ1n) is 8.06. The summed E-state index contributed by atoms with van der Waals surface area (Å²) in [5, 5.41) is 15.1. The largest absolute Gasteiger partial charge is 0.506 e. The Labute approximate surface area is 175 Å². The highest BCUT2D eigenvalue weighted by atomic mass is 35.5. The predicted molar refractivity (Wildman–Crippen MR) is 119 cm³/mol. The van der Waals surface area contributed by atoms with Crippen molar-refractivity contribution in [2.75, 3.05) is 0 Å². The van der Waals surface area contributed by atoms with Crippen molar-refractivity contribution in [3.05, 3.63) is 74.9 Å². The number of rotatable bonds is 3. The van der Waals surface area contributed by atoms with Crippen LogP contribution in [0.25, 0.3) is 32.5 Å². The molecule has 0 saturated heterocycles. The van der Waals surface area contributed by atoms with Gasteiger partial charge in [0.25, 0.3) is 5.56 Å². The van der Waals surface area contributed by atoms with E-state index < -0.39 is 0 Å². The molecule has 0 saturated carbocycles. The average molecular weight is 432 g/mol. The number of nitrogens with two attached hydrogens (primary N) is 1. The van der Waals surface area contributed by atoms with E-state index in [4.69, 9.17) is 17.4 Å². The molecule has 4 N–H and O–H groups in total. The molecule has 0 radical (unpaired) electrons. The fraction of sp³-hybridized carbons (Fsp3) is 0. The zero-order chi connectivity index (χ0) is 19.0. The quantitative estimate of drug-likeness (QED) is 0.242. The number of pyridine rings is 1. The van der Waals surface area contributed by atoms with Crippen molar-refractivity contribution < 1.29 is 5.11 Å². The first kappa shape index (κ1) is 19.9. The third-order valence-corrected chi connectivity index (χ3v) is 5.57. The number of H-pyrrole nitrogens is 1. The van der Waals surface area contributed by atoms with E-state index in [0.29, 0.717) is 25.7 Å². The third-order valence-electron chi connectivity index (χ3n) is 4.25. The van der Waals surface area contributed by atoms with Gasteiger partial charge in [-0.05, 0) is 22.8 Å². The Balaban J connectivity index is 0.00000225. The zero-order valence-corrected chi connectivity index (χ0v) is 16.7. The van der Waals surface area contributed by atoms with Crippen LogP contribution in [-0.2, 0) is 0 Å². The smallest absolute Gasteiger partial charge is 0.260 e. The van der Waals surface area contributed by atoms with Gasteiger partial charge in [0, 0.05) is 5.56 Å². The molecule has 0 unspecified atom stereocenters. The van der Waals surface area contributed by atoms with E-state index in [1.807, 2.05) is 30.3 Å². The highest BCUT2D eigenvalue weighted by molar-refractivity contribution is 7.23. The SMILES string of the molecule is Cl.NN=Cc1cccc(-c2c(O)c3c(-c4ccccc4)c(Cl)sc3[nH]c2=O)c1. The van der Waals surface area contributed by atoms with E-state index in [-0.39, 0.29) is 29.3 Å². The molecule has 2 heterocycles. The minimum atomic E-state index is -0.389. The Morgan fingerprint density at radius 2 is 1.79 bits per heavy atom. The van der Waals surface area contributed by atoms with E-state index in [0.717, 1.165) is 11.1 Å². The minimum absolute atomic E-state index is 0. The Bertz CT molecular complexity index is 1230. The van der Waals surface area contributed by atoms with Gasteiger partial charge in [0.1, 0.15) is 14.9 Å². The Kier molecular flexibility index (Phi) is 5.74. The molecule has 4 aromatic rings. The molecule has 2 aromatic carbocycles. The molecule has 5 nitrogen and oxygen atoms in total. The maximum absolute atomic E-state index is 12.7. The molecule has 0 aliphatic heterocycles.